The molecule has 2 N–H and O–H groups in total. The number of nitrogens with zero attached hydrogens (tertiary/aromatic N) is 1. The normalized spacial score (nSPS) is 21.4. The maximum Gasteiger partial charge on any atom is 0.573 e. The highest BCUT2D eigenvalue weighted by molar-refractivity contribution is 5.72. The number of alkyl halides is 3. The molecule has 1 heterocycles. The number of likely N-dealkylation sites (tertiary alicyclic amines) is 1. The molecule has 24 heavy (non-hydrogen) atoms. The van der Waals surface area contributed by atoms with E-state index in [0.717, 1.165) is 17.0 Å². The summed E-state index contributed by atoms with van der Waals surface area (Å²) < 4.78 is 53.7. The zero-order valence-corrected chi connectivity index (χ0v) is 12.1. The Kier molecular flexibility index (Phi) is 4.86. The van der Waals surface area contributed by atoms with Gasteiger partial charge in [0.25, 0.3) is 0 Å². The minimum atomic E-state index is -5.04. The molecule has 6 nitrogen and oxygen atoms in total. The third-order valence-corrected chi connectivity index (χ3v) is 3.72. The van der Waals surface area contributed by atoms with Crippen LogP contribution >= 0.6 is 0 Å². The number of carbonyl (C=O) groups is 2. The molecular weight excluding hydrogens is 338 g/mol. The molecule has 10 heteroatoms. The van der Waals surface area contributed by atoms with E-state index in [1.165, 1.54) is 6.07 Å². The Morgan fingerprint density at radius 3 is 2.38 bits per heavy atom. The first-order valence-electron chi connectivity index (χ1n) is 6.82. The average Bonchev–Trinajstić information content (AvgIpc) is 2.47. The molecule has 132 valence electrons. The average molecular weight is 351 g/mol. The Labute approximate surface area is 133 Å². The van der Waals surface area contributed by atoms with Gasteiger partial charge in [-0.25, -0.2) is 9.18 Å². The van der Waals surface area contributed by atoms with E-state index in [1.54, 1.807) is 0 Å². The first-order chi connectivity index (χ1) is 11.1. The third kappa shape index (κ3) is 4.27. The van der Waals surface area contributed by atoms with E-state index < -0.39 is 41.8 Å². The lowest BCUT2D eigenvalue weighted by Crippen LogP contribution is -2.44. The standard InChI is InChI=1S/C14H13F4NO5/c15-10-4-7(1-2-11(10)24-14(16,17)18)8-3-9(12(20)21)6-19(5-8)13(22)23/h1-2,4,8-9H,3,5-6H2,(H,20,21)(H,22,23). The van der Waals surface area contributed by atoms with Gasteiger partial charge < -0.3 is 19.8 Å². The van der Waals surface area contributed by atoms with Gasteiger partial charge in [-0.2, -0.15) is 0 Å². The number of benzene rings is 1. The molecule has 0 aromatic heterocycles. The SMILES string of the molecule is O=C(O)C1CC(c2ccc(OC(F)(F)F)c(F)c2)CN(C(=O)O)C1. The Hall–Kier alpha value is -2.52. The molecule has 0 radical (unpaired) electrons. The van der Waals surface area contributed by atoms with E-state index in [2.05, 4.69) is 4.74 Å². The van der Waals surface area contributed by atoms with Crippen LogP contribution in [0.2, 0.25) is 0 Å². The number of hydrogen-bond acceptors (Lipinski definition) is 3. The molecular formula is C14H13F4NO5. The topological polar surface area (TPSA) is 87.1 Å². The number of halogens is 4. The lowest BCUT2D eigenvalue weighted by atomic mass is 9.84. The van der Waals surface area contributed by atoms with E-state index >= 15 is 0 Å². The van der Waals surface area contributed by atoms with Crippen LogP contribution in [0.3, 0.4) is 0 Å². The van der Waals surface area contributed by atoms with Gasteiger partial charge in [0.05, 0.1) is 5.92 Å². The predicted molar refractivity (Wildman–Crippen MR) is 71.2 cm³/mol. The minimum Gasteiger partial charge on any atom is -0.481 e. The summed E-state index contributed by atoms with van der Waals surface area (Å²) in [7, 11) is 0. The number of carboxylic acids is 1. The molecule has 1 saturated heterocycles. The monoisotopic (exact) mass is 351 g/mol. The molecule has 1 aromatic carbocycles. The number of piperidine rings is 1. The first kappa shape index (κ1) is 17.8. The van der Waals surface area contributed by atoms with Crippen molar-refractivity contribution in [1.82, 2.24) is 4.90 Å². The van der Waals surface area contributed by atoms with Crippen molar-refractivity contribution in [2.24, 2.45) is 5.92 Å². The summed E-state index contributed by atoms with van der Waals surface area (Å²) in [6.07, 6.45) is -6.30. The molecule has 1 fully saturated rings. The van der Waals surface area contributed by atoms with Gasteiger partial charge in [-0.1, -0.05) is 6.07 Å². The fourth-order valence-electron chi connectivity index (χ4n) is 2.65. The molecule has 1 amide bonds. The van der Waals surface area contributed by atoms with Crippen LogP contribution in [0.5, 0.6) is 5.75 Å². The molecule has 1 aliphatic heterocycles. The summed E-state index contributed by atoms with van der Waals surface area (Å²) in [6, 6.07) is 2.75. The van der Waals surface area contributed by atoms with Crippen LogP contribution in [-0.4, -0.2) is 46.6 Å². The largest absolute Gasteiger partial charge is 0.573 e. The number of amides is 1. The Morgan fingerprint density at radius 1 is 1.21 bits per heavy atom. The second kappa shape index (κ2) is 6.54. The van der Waals surface area contributed by atoms with Gasteiger partial charge in [0.1, 0.15) is 0 Å². The number of carboxylic acid groups (broad SMARTS) is 2. The van der Waals surface area contributed by atoms with Crippen molar-refractivity contribution in [1.29, 1.82) is 0 Å². The van der Waals surface area contributed by atoms with Crippen molar-refractivity contribution in [3.05, 3.63) is 29.6 Å². The highest BCUT2D eigenvalue weighted by Crippen LogP contribution is 2.33. The van der Waals surface area contributed by atoms with Crippen LogP contribution in [0.15, 0.2) is 18.2 Å². The number of aliphatic carboxylic acids is 1. The molecule has 0 spiro atoms. The first-order valence-corrected chi connectivity index (χ1v) is 6.82. The van der Waals surface area contributed by atoms with Crippen molar-refractivity contribution in [2.75, 3.05) is 13.1 Å². The lowest BCUT2D eigenvalue weighted by Gasteiger charge is -2.34. The highest BCUT2D eigenvalue weighted by Gasteiger charge is 2.36. The van der Waals surface area contributed by atoms with Crippen molar-refractivity contribution < 1.29 is 42.1 Å². The van der Waals surface area contributed by atoms with Crippen LogP contribution in [0, 0.1) is 11.7 Å². The third-order valence-electron chi connectivity index (χ3n) is 3.72. The maximum atomic E-state index is 13.8. The van der Waals surface area contributed by atoms with Crippen molar-refractivity contribution in [3.63, 3.8) is 0 Å². The van der Waals surface area contributed by atoms with Crippen LogP contribution in [0.4, 0.5) is 22.4 Å². The molecule has 2 atom stereocenters. The quantitative estimate of drug-likeness (QED) is 0.818. The summed E-state index contributed by atoms with van der Waals surface area (Å²) in [5, 5.41) is 18.1. The zero-order chi connectivity index (χ0) is 18.1. The van der Waals surface area contributed by atoms with Crippen molar-refractivity contribution in [2.45, 2.75) is 18.7 Å². The summed E-state index contributed by atoms with van der Waals surface area (Å²) in [5.41, 5.74) is 0.208. The van der Waals surface area contributed by atoms with Gasteiger partial charge in [0, 0.05) is 19.0 Å². The summed E-state index contributed by atoms with van der Waals surface area (Å²) in [4.78, 5) is 23.1. The van der Waals surface area contributed by atoms with Gasteiger partial charge in [-0.05, 0) is 24.1 Å². The smallest absolute Gasteiger partial charge is 0.481 e. The van der Waals surface area contributed by atoms with Gasteiger partial charge in [0.15, 0.2) is 11.6 Å². The van der Waals surface area contributed by atoms with E-state index in [9.17, 15) is 27.2 Å². The number of hydrogen-bond donors (Lipinski definition) is 2. The van der Waals surface area contributed by atoms with E-state index in [0.29, 0.717) is 0 Å². The molecule has 1 aromatic rings. The molecule has 0 saturated carbocycles. The van der Waals surface area contributed by atoms with Crippen LogP contribution in [0.25, 0.3) is 0 Å². The van der Waals surface area contributed by atoms with Gasteiger partial charge in [0.2, 0.25) is 0 Å². The Morgan fingerprint density at radius 2 is 1.88 bits per heavy atom. The van der Waals surface area contributed by atoms with Crippen molar-refractivity contribution >= 4 is 12.1 Å². The fourth-order valence-corrected chi connectivity index (χ4v) is 2.65. The molecule has 1 aliphatic rings. The molecule has 2 unspecified atom stereocenters. The maximum absolute atomic E-state index is 13.8. The lowest BCUT2D eigenvalue weighted by molar-refractivity contribution is -0.275. The number of ether oxygens (including phenoxy) is 1. The fraction of sp³-hybridized carbons (Fsp3) is 0.429. The van der Waals surface area contributed by atoms with Gasteiger partial charge in [-0.3, -0.25) is 4.79 Å². The van der Waals surface area contributed by atoms with E-state index in [-0.39, 0.29) is 25.1 Å². The molecule has 2 rings (SSSR count). The second-order valence-corrected chi connectivity index (χ2v) is 5.39. The van der Waals surface area contributed by atoms with Gasteiger partial charge in [-0.15, -0.1) is 13.2 Å². The molecule has 0 bridgehead atoms. The predicted octanol–water partition coefficient (Wildman–Crippen LogP) is 2.89. The van der Waals surface area contributed by atoms with E-state index in [1.807, 2.05) is 0 Å². The second-order valence-electron chi connectivity index (χ2n) is 5.39. The minimum absolute atomic E-state index is 0.0536. The number of rotatable bonds is 3. The summed E-state index contributed by atoms with van der Waals surface area (Å²) in [5.74, 6) is -5.08. The summed E-state index contributed by atoms with van der Waals surface area (Å²) >= 11 is 0. The van der Waals surface area contributed by atoms with Crippen LogP contribution in [0.1, 0.15) is 17.9 Å². The van der Waals surface area contributed by atoms with Gasteiger partial charge >= 0.3 is 18.4 Å². The Balaban J connectivity index is 2.24. The highest BCUT2D eigenvalue weighted by atomic mass is 19.4. The molecule has 0 aliphatic carbocycles. The van der Waals surface area contributed by atoms with E-state index in [4.69, 9.17) is 10.2 Å². The summed E-state index contributed by atoms with van der Waals surface area (Å²) in [6.45, 7) is -0.267. The van der Waals surface area contributed by atoms with Crippen LogP contribution < -0.4 is 4.74 Å². The zero-order valence-electron chi connectivity index (χ0n) is 12.1. The van der Waals surface area contributed by atoms with Crippen LogP contribution in [-0.2, 0) is 4.79 Å². The Bertz CT molecular complexity index is 627. The van der Waals surface area contributed by atoms with Crippen molar-refractivity contribution in [3.8, 4) is 5.75 Å².